The number of rotatable bonds is 6. The molecule has 0 bridgehead atoms. The predicted octanol–water partition coefficient (Wildman–Crippen LogP) is 3.45. The van der Waals surface area contributed by atoms with Crippen LogP contribution in [-0.4, -0.2) is 23.5 Å². The van der Waals surface area contributed by atoms with Gasteiger partial charge in [-0.2, -0.15) is 13.2 Å². The third-order valence-electron chi connectivity index (χ3n) is 2.63. The number of halogens is 4. The van der Waals surface area contributed by atoms with Gasteiger partial charge in [0.2, 0.25) is 0 Å². The Morgan fingerprint density at radius 1 is 1.24 bits per heavy atom. The van der Waals surface area contributed by atoms with Crippen LogP contribution in [0, 0.1) is 0 Å². The topological polar surface area (TPSA) is 66.4 Å². The maximum absolute atomic E-state index is 12.9. The zero-order chi connectivity index (χ0) is 16.0. The molecule has 0 heterocycles. The van der Waals surface area contributed by atoms with E-state index in [1.165, 1.54) is 6.07 Å². The number of aliphatic carboxylic acids is 1. The molecule has 0 aliphatic carbocycles. The van der Waals surface area contributed by atoms with Crippen molar-refractivity contribution >= 4 is 27.8 Å². The maximum atomic E-state index is 12.9. The second-order valence-electron chi connectivity index (χ2n) is 4.29. The summed E-state index contributed by atoms with van der Waals surface area (Å²) >= 11 is 2.94. The first-order chi connectivity index (χ1) is 9.71. The van der Waals surface area contributed by atoms with Crippen molar-refractivity contribution in [3.05, 3.63) is 33.8 Å². The number of nitrogens with one attached hydrogen (secondary N) is 1. The highest BCUT2D eigenvalue weighted by Gasteiger charge is 2.35. The molecule has 0 aliphatic rings. The summed E-state index contributed by atoms with van der Waals surface area (Å²) in [5.74, 6) is -1.78. The summed E-state index contributed by atoms with van der Waals surface area (Å²) in [6, 6.07) is 3.30. The van der Waals surface area contributed by atoms with Crippen molar-refractivity contribution in [2.75, 3.05) is 6.54 Å². The highest BCUT2D eigenvalue weighted by molar-refractivity contribution is 9.10. The summed E-state index contributed by atoms with van der Waals surface area (Å²) in [5.41, 5.74) is -1.47. The Hall–Kier alpha value is -1.57. The largest absolute Gasteiger partial charge is 0.481 e. The molecule has 21 heavy (non-hydrogen) atoms. The van der Waals surface area contributed by atoms with Gasteiger partial charge in [0.25, 0.3) is 5.91 Å². The normalized spacial score (nSPS) is 11.2. The van der Waals surface area contributed by atoms with Crippen LogP contribution in [0.5, 0.6) is 0 Å². The number of alkyl halides is 3. The van der Waals surface area contributed by atoms with E-state index < -0.39 is 29.2 Å². The lowest BCUT2D eigenvalue weighted by atomic mass is 10.1. The van der Waals surface area contributed by atoms with Crippen LogP contribution in [0.15, 0.2) is 22.7 Å². The van der Waals surface area contributed by atoms with Crippen molar-refractivity contribution < 1.29 is 27.9 Å². The molecule has 0 unspecified atom stereocenters. The molecule has 8 heteroatoms. The smallest absolute Gasteiger partial charge is 0.417 e. The molecule has 0 aromatic heterocycles. The first kappa shape index (κ1) is 17.5. The van der Waals surface area contributed by atoms with Gasteiger partial charge in [0.15, 0.2) is 0 Å². The highest BCUT2D eigenvalue weighted by Crippen LogP contribution is 2.33. The van der Waals surface area contributed by atoms with Gasteiger partial charge in [-0.15, -0.1) is 0 Å². The maximum Gasteiger partial charge on any atom is 0.417 e. The lowest BCUT2D eigenvalue weighted by Gasteiger charge is -2.13. The zero-order valence-corrected chi connectivity index (χ0v) is 12.4. The van der Waals surface area contributed by atoms with Gasteiger partial charge in [0, 0.05) is 17.4 Å². The average molecular weight is 368 g/mol. The Kier molecular flexibility index (Phi) is 6.19. The van der Waals surface area contributed by atoms with Crippen LogP contribution in [0.3, 0.4) is 0 Å². The fourth-order valence-electron chi connectivity index (χ4n) is 1.65. The fraction of sp³-hybridized carbons (Fsp3) is 0.385. The van der Waals surface area contributed by atoms with Crippen LogP contribution in [0.4, 0.5) is 13.2 Å². The first-order valence-corrected chi connectivity index (χ1v) is 6.88. The molecular formula is C13H13BrF3NO3. The third kappa shape index (κ3) is 5.74. The number of unbranched alkanes of at least 4 members (excludes halogenated alkanes) is 1. The summed E-state index contributed by atoms with van der Waals surface area (Å²) in [7, 11) is 0. The minimum atomic E-state index is -4.63. The summed E-state index contributed by atoms with van der Waals surface area (Å²) in [6.45, 7) is 0.124. The van der Waals surface area contributed by atoms with Crippen molar-refractivity contribution in [2.24, 2.45) is 0 Å². The number of hydrogen-bond donors (Lipinski definition) is 2. The number of carboxylic acid groups (broad SMARTS) is 1. The van der Waals surface area contributed by atoms with Crippen molar-refractivity contribution in [1.29, 1.82) is 0 Å². The molecule has 1 aromatic carbocycles. The van der Waals surface area contributed by atoms with E-state index in [0.717, 1.165) is 12.1 Å². The molecule has 2 N–H and O–H groups in total. The minimum Gasteiger partial charge on any atom is -0.481 e. The molecule has 1 amide bonds. The molecular weight excluding hydrogens is 355 g/mol. The Labute approximate surface area is 127 Å². The number of carboxylic acids is 1. The van der Waals surface area contributed by atoms with Crippen LogP contribution in [-0.2, 0) is 11.0 Å². The van der Waals surface area contributed by atoms with Crippen LogP contribution in [0.1, 0.15) is 35.2 Å². The van der Waals surface area contributed by atoms with Crippen molar-refractivity contribution in [3.63, 3.8) is 0 Å². The van der Waals surface area contributed by atoms with Crippen LogP contribution in [0.25, 0.3) is 0 Å². The molecule has 1 rings (SSSR count). The van der Waals surface area contributed by atoms with Gasteiger partial charge in [0.05, 0.1) is 11.1 Å². The number of hydrogen-bond acceptors (Lipinski definition) is 2. The standard InChI is InChI=1S/C13H13BrF3NO3/c14-8-4-5-9(10(7-8)13(15,16)17)12(21)18-6-2-1-3-11(19)20/h4-5,7H,1-3,6H2,(H,18,21)(H,19,20). The first-order valence-electron chi connectivity index (χ1n) is 6.08. The van der Waals surface area contributed by atoms with Gasteiger partial charge >= 0.3 is 12.1 Å². The van der Waals surface area contributed by atoms with Gasteiger partial charge in [-0.1, -0.05) is 15.9 Å². The SMILES string of the molecule is O=C(O)CCCCNC(=O)c1ccc(Br)cc1C(F)(F)F. The van der Waals surface area contributed by atoms with Crippen LogP contribution < -0.4 is 5.32 Å². The van der Waals surface area contributed by atoms with E-state index in [2.05, 4.69) is 21.2 Å². The molecule has 0 aliphatic heterocycles. The van der Waals surface area contributed by atoms with Crippen molar-refractivity contribution in [1.82, 2.24) is 5.32 Å². The van der Waals surface area contributed by atoms with Gasteiger partial charge in [0.1, 0.15) is 0 Å². The monoisotopic (exact) mass is 367 g/mol. The lowest BCUT2D eigenvalue weighted by Crippen LogP contribution is -2.27. The van der Waals surface area contributed by atoms with E-state index in [4.69, 9.17) is 5.11 Å². The van der Waals surface area contributed by atoms with Gasteiger partial charge in [-0.3, -0.25) is 9.59 Å². The molecule has 0 radical (unpaired) electrons. The number of carbonyl (C=O) groups excluding carboxylic acids is 1. The van der Waals surface area contributed by atoms with Crippen LogP contribution >= 0.6 is 15.9 Å². The van der Waals surface area contributed by atoms with Crippen molar-refractivity contribution in [3.8, 4) is 0 Å². The van der Waals surface area contributed by atoms with E-state index in [1.54, 1.807) is 0 Å². The third-order valence-corrected chi connectivity index (χ3v) is 3.13. The van der Waals surface area contributed by atoms with Crippen molar-refractivity contribution in [2.45, 2.75) is 25.4 Å². The lowest BCUT2D eigenvalue weighted by molar-refractivity contribution is -0.138. The molecule has 4 nitrogen and oxygen atoms in total. The second-order valence-corrected chi connectivity index (χ2v) is 5.21. The number of amides is 1. The van der Waals surface area contributed by atoms with Gasteiger partial charge in [-0.05, 0) is 31.0 Å². The average Bonchev–Trinajstić information content (AvgIpc) is 2.36. The van der Waals surface area contributed by atoms with E-state index in [9.17, 15) is 22.8 Å². The molecule has 116 valence electrons. The fourth-order valence-corrected chi connectivity index (χ4v) is 2.01. The second kappa shape index (κ2) is 7.44. The molecule has 1 aromatic rings. The molecule has 0 saturated heterocycles. The number of benzene rings is 1. The molecule has 0 atom stereocenters. The van der Waals surface area contributed by atoms with Gasteiger partial charge in [-0.25, -0.2) is 0 Å². The Morgan fingerprint density at radius 2 is 1.90 bits per heavy atom. The summed E-state index contributed by atoms with van der Waals surface area (Å²) in [4.78, 5) is 22.1. The van der Waals surface area contributed by atoms with E-state index in [-0.39, 0.29) is 17.4 Å². The van der Waals surface area contributed by atoms with E-state index in [0.29, 0.717) is 12.8 Å². The van der Waals surface area contributed by atoms with E-state index in [1.807, 2.05) is 0 Å². The summed E-state index contributed by atoms with van der Waals surface area (Å²) in [5, 5.41) is 10.8. The molecule has 0 saturated carbocycles. The Balaban J connectivity index is 2.68. The molecule has 0 fully saturated rings. The van der Waals surface area contributed by atoms with Crippen LogP contribution in [0.2, 0.25) is 0 Å². The van der Waals surface area contributed by atoms with E-state index >= 15 is 0 Å². The Bertz CT molecular complexity index is 532. The van der Waals surface area contributed by atoms with Gasteiger partial charge < -0.3 is 10.4 Å². The quantitative estimate of drug-likeness (QED) is 0.756. The zero-order valence-electron chi connectivity index (χ0n) is 10.8. The predicted molar refractivity (Wildman–Crippen MR) is 73.0 cm³/mol. The highest BCUT2D eigenvalue weighted by atomic mass is 79.9. The summed E-state index contributed by atoms with van der Waals surface area (Å²) < 4.78 is 38.8. The minimum absolute atomic E-state index is 0.0397. The number of carbonyl (C=O) groups is 2. The Morgan fingerprint density at radius 3 is 2.48 bits per heavy atom. The molecule has 0 spiro atoms. The summed E-state index contributed by atoms with van der Waals surface area (Å²) in [6.07, 6.45) is -3.93.